The lowest BCUT2D eigenvalue weighted by Crippen LogP contribution is -2.35. The normalized spacial score (nSPS) is 14.9. The summed E-state index contributed by atoms with van der Waals surface area (Å²) in [4.78, 5) is 12.7. The van der Waals surface area contributed by atoms with Crippen LogP contribution in [-0.4, -0.2) is 41.9 Å². The first kappa shape index (κ1) is 22.8. The highest BCUT2D eigenvalue weighted by atomic mass is 32.2. The Kier molecular flexibility index (Phi) is 7.19. The molecule has 168 valence electrons. The molecule has 4 rings (SSSR count). The van der Waals surface area contributed by atoms with E-state index in [1.165, 1.54) is 57.7 Å². The Bertz CT molecular complexity index is 1190. The maximum absolute atomic E-state index is 13.7. The molecular weight excluding hydrogens is 471 g/mol. The first-order valence-corrected chi connectivity index (χ1v) is 13.3. The molecular formula is C21H21FN4O3S3. The highest BCUT2D eigenvalue weighted by Gasteiger charge is 2.26. The fourth-order valence-electron chi connectivity index (χ4n) is 3.28. The Labute approximate surface area is 194 Å². The van der Waals surface area contributed by atoms with E-state index in [9.17, 15) is 17.6 Å². The van der Waals surface area contributed by atoms with Crippen molar-refractivity contribution >= 4 is 44.2 Å². The van der Waals surface area contributed by atoms with E-state index in [2.05, 4.69) is 15.5 Å². The molecule has 1 N–H and O–H groups in total. The molecule has 0 saturated carbocycles. The second-order valence-corrected chi connectivity index (χ2v) is 11.3. The van der Waals surface area contributed by atoms with Gasteiger partial charge in [0.15, 0.2) is 4.34 Å². The summed E-state index contributed by atoms with van der Waals surface area (Å²) in [6, 6.07) is 12.4. The number of carbonyl (C=O) groups excluding carboxylic acids is 1. The minimum Gasteiger partial charge on any atom is -0.296 e. The van der Waals surface area contributed by atoms with Gasteiger partial charge in [0.1, 0.15) is 5.82 Å². The summed E-state index contributed by atoms with van der Waals surface area (Å²) in [5.74, 6) is -0.278. The van der Waals surface area contributed by atoms with Crippen molar-refractivity contribution in [1.29, 1.82) is 0 Å². The van der Waals surface area contributed by atoms with Crippen molar-refractivity contribution in [3.63, 3.8) is 0 Å². The number of nitrogens with zero attached hydrogens (tertiary/aromatic N) is 3. The van der Waals surface area contributed by atoms with Crippen LogP contribution in [0, 0.1) is 5.82 Å². The van der Waals surface area contributed by atoms with Gasteiger partial charge in [-0.25, -0.2) is 12.8 Å². The summed E-state index contributed by atoms with van der Waals surface area (Å²) in [7, 11) is -3.54. The van der Waals surface area contributed by atoms with Crippen LogP contribution in [-0.2, 0) is 15.8 Å². The van der Waals surface area contributed by atoms with Crippen LogP contribution in [0.5, 0.6) is 0 Å². The van der Waals surface area contributed by atoms with Gasteiger partial charge >= 0.3 is 0 Å². The Balaban J connectivity index is 1.36. The highest BCUT2D eigenvalue weighted by molar-refractivity contribution is 8.00. The van der Waals surface area contributed by atoms with E-state index < -0.39 is 15.9 Å². The van der Waals surface area contributed by atoms with E-state index in [1.807, 2.05) is 0 Å². The molecule has 0 atom stereocenters. The number of hydrogen-bond acceptors (Lipinski definition) is 7. The van der Waals surface area contributed by atoms with Crippen molar-refractivity contribution < 1.29 is 17.6 Å². The predicted octanol–water partition coefficient (Wildman–Crippen LogP) is 4.40. The molecule has 3 aromatic rings. The van der Waals surface area contributed by atoms with E-state index in [1.54, 1.807) is 18.2 Å². The molecule has 0 radical (unpaired) electrons. The fraction of sp³-hybridized carbons (Fsp3) is 0.286. The molecule has 32 heavy (non-hydrogen) atoms. The summed E-state index contributed by atoms with van der Waals surface area (Å²) in [5.41, 5.74) is 0.885. The number of nitrogens with one attached hydrogen (secondary N) is 1. The lowest BCUT2D eigenvalue weighted by atomic mass is 10.2. The summed E-state index contributed by atoms with van der Waals surface area (Å²) >= 11 is 2.52. The average Bonchev–Trinajstić information content (AvgIpc) is 3.26. The maximum Gasteiger partial charge on any atom is 0.257 e. The van der Waals surface area contributed by atoms with Crippen molar-refractivity contribution in [2.24, 2.45) is 0 Å². The molecule has 0 aliphatic carbocycles. The SMILES string of the molecule is O=C(Nc1nnc(SCc2ccccc2F)s1)c1ccc(S(=O)(=O)N2CCCCC2)cc1. The van der Waals surface area contributed by atoms with E-state index in [-0.39, 0.29) is 10.7 Å². The van der Waals surface area contributed by atoms with E-state index in [0.717, 1.165) is 19.3 Å². The number of benzene rings is 2. The van der Waals surface area contributed by atoms with Crippen LogP contribution in [0.15, 0.2) is 57.8 Å². The molecule has 1 fully saturated rings. The smallest absolute Gasteiger partial charge is 0.257 e. The quantitative estimate of drug-likeness (QED) is 0.388. The largest absolute Gasteiger partial charge is 0.296 e. The molecule has 0 spiro atoms. The van der Waals surface area contributed by atoms with Gasteiger partial charge in [0, 0.05) is 24.4 Å². The number of piperidine rings is 1. The number of rotatable bonds is 7. The first-order valence-electron chi connectivity index (χ1n) is 10.0. The maximum atomic E-state index is 13.7. The summed E-state index contributed by atoms with van der Waals surface area (Å²) < 4.78 is 41.3. The summed E-state index contributed by atoms with van der Waals surface area (Å²) in [6.07, 6.45) is 2.77. The first-order chi connectivity index (χ1) is 15.4. The number of halogens is 1. The third kappa shape index (κ3) is 5.34. The van der Waals surface area contributed by atoms with Crippen LogP contribution in [0.1, 0.15) is 35.2 Å². The average molecular weight is 493 g/mol. The molecule has 2 aromatic carbocycles. The number of hydrogen-bond donors (Lipinski definition) is 1. The number of aromatic nitrogens is 2. The van der Waals surface area contributed by atoms with E-state index in [4.69, 9.17) is 0 Å². The summed E-state index contributed by atoms with van der Waals surface area (Å²) in [6.45, 7) is 1.05. The minimum atomic E-state index is -3.54. The predicted molar refractivity (Wildman–Crippen MR) is 123 cm³/mol. The van der Waals surface area contributed by atoms with E-state index >= 15 is 0 Å². The number of anilines is 1. The van der Waals surface area contributed by atoms with Gasteiger partial charge in [-0.15, -0.1) is 10.2 Å². The third-order valence-electron chi connectivity index (χ3n) is 5.01. The molecule has 1 aliphatic rings. The molecule has 1 aliphatic heterocycles. The monoisotopic (exact) mass is 492 g/mol. The van der Waals surface area contributed by atoms with Crippen molar-refractivity contribution in [1.82, 2.24) is 14.5 Å². The van der Waals surface area contributed by atoms with Crippen molar-refractivity contribution in [3.8, 4) is 0 Å². The van der Waals surface area contributed by atoms with Gasteiger partial charge in [0.05, 0.1) is 4.90 Å². The molecule has 0 bridgehead atoms. The Hall–Kier alpha value is -2.34. The van der Waals surface area contributed by atoms with Crippen molar-refractivity contribution in [3.05, 3.63) is 65.5 Å². The molecule has 11 heteroatoms. The van der Waals surface area contributed by atoms with Crippen LogP contribution in [0.4, 0.5) is 9.52 Å². The minimum absolute atomic E-state index is 0.179. The van der Waals surface area contributed by atoms with Gasteiger partial charge in [-0.1, -0.05) is 47.7 Å². The molecule has 1 saturated heterocycles. The second kappa shape index (κ2) is 10.1. The third-order valence-corrected chi connectivity index (χ3v) is 8.94. The van der Waals surface area contributed by atoms with Crippen molar-refractivity contribution in [2.45, 2.75) is 34.3 Å². The molecule has 2 heterocycles. The zero-order chi connectivity index (χ0) is 22.6. The Morgan fingerprint density at radius 3 is 2.50 bits per heavy atom. The Morgan fingerprint density at radius 1 is 1.06 bits per heavy atom. The van der Waals surface area contributed by atoms with Gasteiger partial charge < -0.3 is 0 Å². The van der Waals surface area contributed by atoms with E-state index in [0.29, 0.717) is 39.4 Å². The van der Waals surface area contributed by atoms with Crippen LogP contribution in [0.25, 0.3) is 0 Å². The van der Waals surface area contributed by atoms with Crippen LogP contribution in [0.2, 0.25) is 0 Å². The zero-order valence-electron chi connectivity index (χ0n) is 17.0. The van der Waals surface area contributed by atoms with Crippen molar-refractivity contribution in [2.75, 3.05) is 18.4 Å². The second-order valence-electron chi connectivity index (χ2n) is 7.20. The molecule has 0 unspecified atom stereocenters. The molecule has 1 aromatic heterocycles. The standard InChI is InChI=1S/C21H21FN4O3S3/c22-18-7-3-2-6-16(18)14-30-21-25-24-20(31-21)23-19(27)15-8-10-17(11-9-15)32(28,29)26-12-4-1-5-13-26/h2-3,6-11H,1,4-5,12-14H2,(H,23,24,27). The van der Waals surface area contributed by atoms with Crippen LogP contribution >= 0.6 is 23.1 Å². The molecule has 1 amide bonds. The van der Waals surface area contributed by atoms with Crippen LogP contribution in [0.3, 0.4) is 0 Å². The van der Waals surface area contributed by atoms with Gasteiger partial charge in [0.25, 0.3) is 5.91 Å². The van der Waals surface area contributed by atoms with Crippen LogP contribution < -0.4 is 5.32 Å². The number of sulfonamides is 1. The molecule has 7 nitrogen and oxygen atoms in total. The highest BCUT2D eigenvalue weighted by Crippen LogP contribution is 2.29. The lowest BCUT2D eigenvalue weighted by Gasteiger charge is -2.25. The summed E-state index contributed by atoms with van der Waals surface area (Å²) in [5, 5.41) is 11.0. The van der Waals surface area contributed by atoms with Gasteiger partial charge in [-0.3, -0.25) is 10.1 Å². The Morgan fingerprint density at radius 2 is 1.78 bits per heavy atom. The van der Waals surface area contributed by atoms with Gasteiger partial charge in [0.2, 0.25) is 15.2 Å². The van der Waals surface area contributed by atoms with Gasteiger partial charge in [-0.2, -0.15) is 4.31 Å². The topological polar surface area (TPSA) is 92.3 Å². The number of carbonyl (C=O) groups is 1. The lowest BCUT2D eigenvalue weighted by molar-refractivity contribution is 0.102. The fourth-order valence-corrected chi connectivity index (χ4v) is 6.53. The number of amides is 1. The van der Waals surface area contributed by atoms with Gasteiger partial charge in [-0.05, 0) is 48.7 Å². The number of thioether (sulfide) groups is 1. The zero-order valence-corrected chi connectivity index (χ0v) is 19.5.